The van der Waals surface area contributed by atoms with E-state index in [1.54, 1.807) is 0 Å². The molecular formula is C6H4F5N2O. The summed E-state index contributed by atoms with van der Waals surface area (Å²) in [4.78, 5) is 0. The van der Waals surface area contributed by atoms with Crippen molar-refractivity contribution in [3.8, 4) is 0 Å². The molecule has 0 aliphatic carbocycles. The molecule has 14 heavy (non-hydrogen) atoms. The molecule has 0 spiro atoms. The molecule has 1 heterocycles. The highest BCUT2D eigenvalue weighted by Gasteiger charge is 2.61. The minimum Gasteiger partial charge on any atom is -0.480 e. The Bertz CT molecular complexity index is 293. The van der Waals surface area contributed by atoms with E-state index in [4.69, 9.17) is 0 Å². The Morgan fingerprint density at radius 3 is 2.14 bits per heavy atom. The van der Waals surface area contributed by atoms with Gasteiger partial charge in [0.25, 0.3) is 0 Å². The summed E-state index contributed by atoms with van der Waals surface area (Å²) in [5.74, 6) is -5.39. The first-order valence-electron chi connectivity index (χ1n) is 3.28. The molecule has 1 radical (unpaired) electrons. The summed E-state index contributed by atoms with van der Waals surface area (Å²) in [5, 5.41) is 2.68. The largest absolute Gasteiger partial charge is 0.480 e. The molecule has 0 atom stereocenters. The fourth-order valence-corrected chi connectivity index (χ4v) is 0.676. The molecule has 1 aliphatic heterocycles. The molecule has 0 bridgehead atoms. The van der Waals surface area contributed by atoms with Gasteiger partial charge >= 0.3 is 12.1 Å². The number of hydrogen-bond acceptors (Lipinski definition) is 2. The van der Waals surface area contributed by atoms with Gasteiger partial charge < -0.3 is 4.74 Å². The van der Waals surface area contributed by atoms with E-state index in [0.29, 0.717) is 6.08 Å². The van der Waals surface area contributed by atoms with Crippen LogP contribution in [0.25, 0.3) is 0 Å². The number of rotatable bonds is 2. The summed E-state index contributed by atoms with van der Waals surface area (Å²) in [6.45, 7) is 0. The van der Waals surface area contributed by atoms with Gasteiger partial charge in [-0.2, -0.15) is 22.0 Å². The number of methoxy groups -OCH3 is 1. The Morgan fingerprint density at radius 2 is 1.79 bits per heavy atom. The Hall–Kier alpha value is -1.34. The summed E-state index contributed by atoms with van der Waals surface area (Å²) < 4.78 is 64.7. The fraction of sp³-hybridized carbons (Fsp3) is 0.500. The maximum Gasteiger partial charge on any atom is 0.459 e. The van der Waals surface area contributed by atoms with Crippen LogP contribution in [0.5, 0.6) is 0 Å². The Balaban J connectivity index is 2.91. The van der Waals surface area contributed by atoms with Gasteiger partial charge in [-0.25, -0.2) is 0 Å². The van der Waals surface area contributed by atoms with Gasteiger partial charge in [0.05, 0.1) is 7.11 Å². The maximum absolute atomic E-state index is 12.5. The number of alkyl halides is 5. The van der Waals surface area contributed by atoms with Crippen LogP contribution in [-0.2, 0) is 4.74 Å². The van der Waals surface area contributed by atoms with Crippen molar-refractivity contribution in [2.75, 3.05) is 7.11 Å². The van der Waals surface area contributed by atoms with Gasteiger partial charge in [0.1, 0.15) is 5.71 Å². The summed E-state index contributed by atoms with van der Waals surface area (Å²) in [5.41, 5.74) is 1.49. The number of allylic oxidation sites excluding steroid dienone is 1. The third-order valence-corrected chi connectivity index (χ3v) is 1.40. The summed E-state index contributed by atoms with van der Waals surface area (Å²) >= 11 is 0. The molecule has 0 amide bonds. The van der Waals surface area contributed by atoms with Crippen LogP contribution in [0, 0.1) is 0 Å². The van der Waals surface area contributed by atoms with Crippen LogP contribution in [0.3, 0.4) is 0 Å². The monoisotopic (exact) mass is 215 g/mol. The van der Waals surface area contributed by atoms with Crippen molar-refractivity contribution in [2.45, 2.75) is 12.1 Å². The van der Waals surface area contributed by atoms with Crippen LogP contribution in [0.15, 0.2) is 17.1 Å². The SMILES string of the molecule is COC1=CC(C(F)(F)C(F)(F)F)=N[N]1. The van der Waals surface area contributed by atoms with Crippen LogP contribution < -0.4 is 5.43 Å². The zero-order valence-electron chi connectivity index (χ0n) is 6.77. The quantitative estimate of drug-likeness (QED) is 0.645. The summed E-state index contributed by atoms with van der Waals surface area (Å²) in [6, 6.07) is 0. The molecule has 1 aliphatic rings. The molecule has 0 aromatic carbocycles. The van der Waals surface area contributed by atoms with Crippen LogP contribution in [-0.4, -0.2) is 24.9 Å². The molecule has 0 fully saturated rings. The van der Waals surface area contributed by atoms with E-state index < -0.39 is 17.8 Å². The van der Waals surface area contributed by atoms with Crippen LogP contribution in [0.2, 0.25) is 0 Å². The Morgan fingerprint density at radius 1 is 1.21 bits per heavy atom. The third kappa shape index (κ3) is 1.64. The zero-order valence-corrected chi connectivity index (χ0v) is 6.77. The zero-order chi connectivity index (χ0) is 11.0. The van der Waals surface area contributed by atoms with Crippen molar-refractivity contribution in [1.29, 1.82) is 0 Å². The molecule has 0 saturated heterocycles. The Labute approximate surface area is 75.2 Å². The van der Waals surface area contributed by atoms with Crippen LogP contribution in [0.4, 0.5) is 22.0 Å². The van der Waals surface area contributed by atoms with E-state index in [1.807, 2.05) is 0 Å². The second-order valence-corrected chi connectivity index (χ2v) is 2.34. The molecule has 8 heteroatoms. The number of ether oxygens (including phenoxy) is 1. The highest BCUT2D eigenvalue weighted by molar-refractivity contribution is 6.02. The normalized spacial score (nSPS) is 17.3. The van der Waals surface area contributed by atoms with Crippen LogP contribution >= 0.6 is 0 Å². The number of nitrogens with zero attached hydrogens (tertiary/aromatic N) is 2. The van der Waals surface area contributed by atoms with Crippen molar-refractivity contribution in [2.24, 2.45) is 5.10 Å². The van der Waals surface area contributed by atoms with Gasteiger partial charge in [0.2, 0.25) is 5.88 Å². The summed E-state index contributed by atoms with van der Waals surface area (Å²) in [6.07, 6.45) is -5.24. The van der Waals surface area contributed by atoms with E-state index in [2.05, 4.69) is 15.3 Å². The third-order valence-electron chi connectivity index (χ3n) is 1.40. The van der Waals surface area contributed by atoms with Gasteiger partial charge in [0.15, 0.2) is 0 Å². The molecular weight excluding hydrogens is 211 g/mol. The van der Waals surface area contributed by atoms with Gasteiger partial charge in [-0.3, -0.25) is 0 Å². The highest BCUT2D eigenvalue weighted by atomic mass is 19.4. The lowest BCUT2D eigenvalue weighted by Crippen LogP contribution is -2.42. The smallest absolute Gasteiger partial charge is 0.459 e. The predicted molar refractivity (Wildman–Crippen MR) is 35.7 cm³/mol. The second kappa shape index (κ2) is 3.10. The standard InChI is InChI=1S/C6H4F5N2O/c1-14-4-2-3(12-13-4)5(7,8)6(9,10)11/h2H,1H3. The average molecular weight is 215 g/mol. The molecule has 0 unspecified atom stereocenters. The number of hydrogen-bond donors (Lipinski definition) is 0. The average Bonchev–Trinajstić information content (AvgIpc) is 2.49. The lowest BCUT2D eigenvalue weighted by atomic mass is 10.2. The maximum atomic E-state index is 12.5. The molecule has 0 N–H and O–H groups in total. The topological polar surface area (TPSA) is 35.7 Å². The van der Waals surface area contributed by atoms with Crippen LogP contribution in [0.1, 0.15) is 0 Å². The highest BCUT2D eigenvalue weighted by Crippen LogP contribution is 2.37. The summed E-state index contributed by atoms with van der Waals surface area (Å²) in [7, 11) is 1.08. The van der Waals surface area contributed by atoms with Gasteiger partial charge in [-0.1, -0.05) is 0 Å². The minimum absolute atomic E-state index is 0.385. The van der Waals surface area contributed by atoms with E-state index in [0.717, 1.165) is 7.11 Å². The second-order valence-electron chi connectivity index (χ2n) is 2.34. The van der Waals surface area contributed by atoms with Gasteiger partial charge in [-0.05, 0) is 0 Å². The minimum atomic E-state index is -5.68. The van der Waals surface area contributed by atoms with Crippen molar-refractivity contribution >= 4 is 5.71 Å². The molecule has 0 aromatic rings. The van der Waals surface area contributed by atoms with E-state index in [1.165, 1.54) is 0 Å². The van der Waals surface area contributed by atoms with Gasteiger partial charge in [-0.15, -0.1) is 10.5 Å². The first kappa shape index (κ1) is 10.7. The van der Waals surface area contributed by atoms with Crippen molar-refractivity contribution in [3.63, 3.8) is 0 Å². The molecule has 79 valence electrons. The lowest BCUT2D eigenvalue weighted by Gasteiger charge is -2.17. The molecule has 0 saturated carbocycles. The molecule has 3 nitrogen and oxygen atoms in total. The van der Waals surface area contributed by atoms with E-state index in [-0.39, 0.29) is 5.88 Å². The van der Waals surface area contributed by atoms with Crippen molar-refractivity contribution in [3.05, 3.63) is 12.0 Å². The first-order valence-corrected chi connectivity index (χ1v) is 3.28. The van der Waals surface area contributed by atoms with E-state index in [9.17, 15) is 22.0 Å². The van der Waals surface area contributed by atoms with Gasteiger partial charge in [0, 0.05) is 6.08 Å². The molecule has 0 aromatic heterocycles. The fourth-order valence-electron chi connectivity index (χ4n) is 0.676. The lowest BCUT2D eigenvalue weighted by molar-refractivity contribution is -0.248. The molecule has 1 rings (SSSR count). The number of halogens is 5. The predicted octanol–water partition coefficient (Wildman–Crippen LogP) is 1.65. The first-order chi connectivity index (χ1) is 6.29. The van der Waals surface area contributed by atoms with Crippen molar-refractivity contribution < 1.29 is 26.7 Å². The van der Waals surface area contributed by atoms with Crippen molar-refractivity contribution in [1.82, 2.24) is 5.43 Å². The Kier molecular flexibility index (Phi) is 2.38. The van der Waals surface area contributed by atoms with E-state index >= 15 is 0 Å².